The highest BCUT2D eigenvalue weighted by atomic mass is 16.5. The molecule has 2 rings (SSSR count). The molecule has 1 fully saturated rings. The number of urea groups is 1. The summed E-state index contributed by atoms with van der Waals surface area (Å²) in [6.45, 7) is 3.35. The number of carbonyl (C=O) groups is 3. The summed E-state index contributed by atoms with van der Waals surface area (Å²) in [4.78, 5) is 41.5. The van der Waals surface area contributed by atoms with Gasteiger partial charge in [-0.2, -0.15) is 0 Å². The van der Waals surface area contributed by atoms with E-state index in [-0.39, 0.29) is 30.2 Å². The Morgan fingerprint density at radius 2 is 1.43 bits per heavy atom. The van der Waals surface area contributed by atoms with Gasteiger partial charge in [-0.3, -0.25) is 9.59 Å². The van der Waals surface area contributed by atoms with Gasteiger partial charge in [0.1, 0.15) is 18.1 Å². The monoisotopic (exact) mass is 557 g/mol. The first-order valence-electron chi connectivity index (χ1n) is 16.0. The predicted molar refractivity (Wildman–Crippen MR) is 164 cm³/mol. The minimum absolute atomic E-state index is 0.0469. The van der Waals surface area contributed by atoms with Gasteiger partial charge >= 0.3 is 6.03 Å². The molecule has 1 aromatic rings. The van der Waals surface area contributed by atoms with E-state index in [2.05, 4.69) is 6.92 Å². The molecule has 1 aromatic carbocycles. The Morgan fingerprint density at radius 3 is 1.98 bits per heavy atom. The third-order valence-corrected chi connectivity index (χ3v) is 7.99. The maximum atomic E-state index is 13.1. The van der Waals surface area contributed by atoms with Gasteiger partial charge in [-0.25, -0.2) is 9.69 Å². The quantitative estimate of drug-likeness (QED) is 0.104. The molecule has 0 aromatic heterocycles. The Morgan fingerprint density at radius 1 is 0.850 bits per heavy atom. The van der Waals surface area contributed by atoms with Crippen molar-refractivity contribution in [2.75, 3.05) is 31.6 Å². The van der Waals surface area contributed by atoms with E-state index in [1.165, 1.54) is 75.5 Å². The van der Waals surface area contributed by atoms with Crippen LogP contribution in [0.5, 0.6) is 5.75 Å². The first-order valence-corrected chi connectivity index (χ1v) is 16.0. The number of carbonyl (C=O) groups excluding carboxylic acids is 3. The van der Waals surface area contributed by atoms with Crippen molar-refractivity contribution in [1.82, 2.24) is 4.90 Å². The zero-order chi connectivity index (χ0) is 29.0. The van der Waals surface area contributed by atoms with Crippen molar-refractivity contribution < 1.29 is 19.1 Å². The van der Waals surface area contributed by atoms with Gasteiger partial charge in [0.15, 0.2) is 0 Å². The minimum atomic E-state index is -0.317. The number of ketones is 1. The van der Waals surface area contributed by atoms with Crippen LogP contribution in [-0.2, 0) is 9.59 Å². The van der Waals surface area contributed by atoms with E-state index in [0.717, 1.165) is 32.1 Å². The Balaban J connectivity index is 1.69. The number of rotatable bonds is 24. The molecule has 1 atom stereocenters. The van der Waals surface area contributed by atoms with Gasteiger partial charge < -0.3 is 15.4 Å². The van der Waals surface area contributed by atoms with Gasteiger partial charge in [0.2, 0.25) is 0 Å². The fourth-order valence-electron chi connectivity index (χ4n) is 5.59. The topological polar surface area (TPSA) is 92.9 Å². The first kappa shape index (κ1) is 33.8. The number of amides is 3. The Labute approximate surface area is 243 Å². The van der Waals surface area contributed by atoms with Crippen LogP contribution in [0.25, 0.3) is 0 Å². The van der Waals surface area contributed by atoms with Crippen LogP contribution in [0.2, 0.25) is 0 Å². The molecule has 7 heteroatoms. The largest absolute Gasteiger partial charge is 0.497 e. The molecular weight excluding hydrogens is 502 g/mol. The molecule has 0 bridgehead atoms. The number of nitrogens with two attached hydrogens (primary N) is 1. The molecule has 0 saturated carbocycles. The number of benzene rings is 1. The molecule has 0 spiro atoms. The summed E-state index contributed by atoms with van der Waals surface area (Å²) in [6, 6.07) is 6.60. The zero-order valence-electron chi connectivity index (χ0n) is 25.3. The number of methoxy groups -OCH3 is 1. The van der Waals surface area contributed by atoms with E-state index < -0.39 is 0 Å². The molecule has 1 saturated heterocycles. The first-order chi connectivity index (χ1) is 19.5. The highest BCUT2D eigenvalue weighted by molar-refractivity contribution is 6.19. The van der Waals surface area contributed by atoms with Crippen molar-refractivity contribution in [3.8, 4) is 5.75 Å². The van der Waals surface area contributed by atoms with Gasteiger partial charge in [0, 0.05) is 19.4 Å². The zero-order valence-corrected chi connectivity index (χ0v) is 25.3. The highest BCUT2D eigenvalue weighted by Gasteiger charge is 2.38. The molecule has 226 valence electrons. The Bertz CT molecular complexity index is 858. The van der Waals surface area contributed by atoms with Crippen molar-refractivity contribution in [3.05, 3.63) is 24.3 Å². The lowest BCUT2D eigenvalue weighted by atomic mass is 9.93. The molecule has 1 aliphatic heterocycles. The van der Waals surface area contributed by atoms with E-state index in [1.54, 1.807) is 36.3 Å². The van der Waals surface area contributed by atoms with Gasteiger partial charge in [0.05, 0.1) is 12.8 Å². The SMILES string of the molecule is CCCCCCCCCCCCCCCC(=O)CC(CCCCN)CN1CC(=O)N(c2ccc(OC)cc2)C1=O. The van der Waals surface area contributed by atoms with E-state index >= 15 is 0 Å². The molecule has 1 unspecified atom stereocenters. The molecule has 2 N–H and O–H groups in total. The molecule has 0 aliphatic carbocycles. The van der Waals surface area contributed by atoms with Crippen LogP contribution in [0.15, 0.2) is 24.3 Å². The van der Waals surface area contributed by atoms with Crippen molar-refractivity contribution in [2.45, 2.75) is 122 Å². The molecule has 1 heterocycles. The van der Waals surface area contributed by atoms with Crippen molar-refractivity contribution in [3.63, 3.8) is 0 Å². The molecule has 7 nitrogen and oxygen atoms in total. The van der Waals surface area contributed by atoms with Crippen LogP contribution < -0.4 is 15.4 Å². The molecule has 40 heavy (non-hydrogen) atoms. The fraction of sp³-hybridized carbons (Fsp3) is 0.727. The van der Waals surface area contributed by atoms with Crippen LogP contribution in [0.4, 0.5) is 10.5 Å². The third kappa shape index (κ3) is 12.8. The van der Waals surface area contributed by atoms with Gasteiger partial charge in [-0.15, -0.1) is 0 Å². The summed E-state index contributed by atoms with van der Waals surface area (Å²) < 4.78 is 5.18. The average Bonchev–Trinajstić information content (AvgIpc) is 3.23. The summed E-state index contributed by atoms with van der Waals surface area (Å²) >= 11 is 0. The van der Waals surface area contributed by atoms with Crippen LogP contribution in [0, 0.1) is 5.92 Å². The highest BCUT2D eigenvalue weighted by Crippen LogP contribution is 2.26. The predicted octanol–water partition coefficient (Wildman–Crippen LogP) is 7.65. The van der Waals surface area contributed by atoms with E-state index in [9.17, 15) is 14.4 Å². The number of unbranched alkanes of at least 4 members (excludes halogenated alkanes) is 13. The summed E-state index contributed by atoms with van der Waals surface area (Å²) in [5, 5.41) is 0. The number of Topliss-reactive ketones (excluding diaryl/α,β-unsaturated/α-hetero) is 1. The number of ether oxygens (including phenoxy) is 1. The third-order valence-electron chi connectivity index (χ3n) is 7.99. The second kappa shape index (κ2) is 20.5. The second-order valence-corrected chi connectivity index (χ2v) is 11.5. The lowest BCUT2D eigenvalue weighted by molar-refractivity contribution is -0.120. The number of hydrogen-bond donors (Lipinski definition) is 1. The van der Waals surface area contributed by atoms with Crippen LogP contribution in [-0.4, -0.2) is 49.4 Å². The molecule has 1 aliphatic rings. The summed E-state index contributed by atoms with van der Waals surface area (Å²) in [5.41, 5.74) is 6.23. The standard InChI is InChI=1S/C33H55N3O4/c1-3-4-5-6-7-8-9-10-11-12-13-14-15-19-30(37)25-28(18-16-17-24-34)26-35-27-32(38)36(33(35)39)29-20-22-31(40-2)23-21-29/h20-23,28H,3-19,24-27,34H2,1-2H3. The van der Waals surface area contributed by atoms with E-state index in [1.807, 2.05) is 0 Å². The lowest BCUT2D eigenvalue weighted by Gasteiger charge is -2.23. The van der Waals surface area contributed by atoms with Gasteiger partial charge in [0.25, 0.3) is 5.91 Å². The van der Waals surface area contributed by atoms with Gasteiger partial charge in [-0.1, -0.05) is 90.4 Å². The summed E-state index contributed by atoms with van der Waals surface area (Å²) in [5.74, 6) is 0.746. The average molecular weight is 558 g/mol. The van der Waals surface area contributed by atoms with Crippen molar-refractivity contribution in [2.24, 2.45) is 11.7 Å². The van der Waals surface area contributed by atoms with E-state index in [4.69, 9.17) is 10.5 Å². The summed E-state index contributed by atoms with van der Waals surface area (Å²) in [7, 11) is 1.58. The van der Waals surface area contributed by atoms with Crippen molar-refractivity contribution in [1.29, 1.82) is 0 Å². The number of hydrogen-bond acceptors (Lipinski definition) is 5. The van der Waals surface area contributed by atoms with Crippen LogP contribution in [0.3, 0.4) is 0 Å². The second-order valence-electron chi connectivity index (χ2n) is 11.5. The summed E-state index contributed by atoms with van der Waals surface area (Å²) in [6.07, 6.45) is 20.5. The van der Waals surface area contributed by atoms with Crippen molar-refractivity contribution >= 4 is 23.4 Å². The number of nitrogens with zero attached hydrogens (tertiary/aromatic N) is 2. The molecular formula is C33H55N3O4. The molecule has 0 radical (unpaired) electrons. The molecule has 3 amide bonds. The van der Waals surface area contributed by atoms with Crippen LogP contribution in [0.1, 0.15) is 122 Å². The smallest absolute Gasteiger partial charge is 0.331 e. The normalized spacial score (nSPS) is 14.3. The van der Waals surface area contributed by atoms with Gasteiger partial charge in [-0.05, 0) is 56.0 Å². The number of anilines is 1. The van der Waals surface area contributed by atoms with Crippen LogP contribution >= 0.6 is 0 Å². The maximum Gasteiger partial charge on any atom is 0.331 e. The number of imide groups is 1. The maximum absolute atomic E-state index is 13.1. The Kier molecular flexibility index (Phi) is 17.3. The lowest BCUT2D eigenvalue weighted by Crippen LogP contribution is -2.36. The minimum Gasteiger partial charge on any atom is -0.497 e. The Hall–Kier alpha value is -2.41. The van der Waals surface area contributed by atoms with E-state index in [0.29, 0.717) is 37.4 Å². The fourth-order valence-corrected chi connectivity index (χ4v) is 5.59.